The molecule has 0 unspecified atom stereocenters. The van der Waals surface area contributed by atoms with Crippen LogP contribution < -0.4 is 5.63 Å². The molecule has 23 heavy (non-hydrogen) atoms. The Morgan fingerprint density at radius 2 is 1.91 bits per heavy atom. The van der Waals surface area contributed by atoms with Crippen molar-refractivity contribution in [1.82, 2.24) is 4.90 Å². The quantitative estimate of drug-likeness (QED) is 0.850. The number of carbonyl (C=O) groups excluding carboxylic acids is 1. The Morgan fingerprint density at radius 1 is 1.22 bits per heavy atom. The maximum Gasteiger partial charge on any atom is 0.340 e. The van der Waals surface area contributed by atoms with Crippen molar-refractivity contribution in [3.05, 3.63) is 39.2 Å². The van der Waals surface area contributed by atoms with Gasteiger partial charge in [-0.15, -0.1) is 0 Å². The molecule has 0 spiro atoms. The lowest BCUT2D eigenvalue weighted by molar-refractivity contribution is -0.134. The second-order valence-electron chi connectivity index (χ2n) is 5.75. The van der Waals surface area contributed by atoms with Crippen LogP contribution in [0.4, 0.5) is 0 Å². The first-order chi connectivity index (χ1) is 11.0. The van der Waals surface area contributed by atoms with E-state index in [2.05, 4.69) is 0 Å². The zero-order valence-electron chi connectivity index (χ0n) is 13.2. The van der Waals surface area contributed by atoms with Gasteiger partial charge in [0.25, 0.3) is 0 Å². The summed E-state index contributed by atoms with van der Waals surface area (Å²) in [6, 6.07) is 3.27. The number of nitrogens with zero attached hydrogens (tertiary/aromatic N) is 1. The molecule has 1 N–H and O–H groups in total. The number of benzene rings is 1. The van der Waals surface area contributed by atoms with Gasteiger partial charge in [-0.05, 0) is 31.5 Å². The Labute approximate surface area is 133 Å². The van der Waals surface area contributed by atoms with Crippen LogP contribution in [-0.2, 0) is 16.0 Å². The SMILES string of the molecule is Cc1c(CC(=O)N2CCOCC2)c(=O)oc2c(C)c(O)ccc12. The molecule has 0 saturated carbocycles. The predicted molar refractivity (Wildman–Crippen MR) is 84.7 cm³/mol. The minimum absolute atomic E-state index is 0.0179. The topological polar surface area (TPSA) is 80.0 Å². The van der Waals surface area contributed by atoms with Gasteiger partial charge in [-0.2, -0.15) is 0 Å². The summed E-state index contributed by atoms with van der Waals surface area (Å²) < 4.78 is 10.6. The second-order valence-corrected chi connectivity index (χ2v) is 5.75. The minimum atomic E-state index is -0.523. The Hall–Kier alpha value is -2.34. The third-order valence-electron chi connectivity index (χ3n) is 4.37. The van der Waals surface area contributed by atoms with Gasteiger partial charge in [0.05, 0.1) is 25.2 Å². The summed E-state index contributed by atoms with van der Waals surface area (Å²) >= 11 is 0. The molecule has 1 aromatic carbocycles. The van der Waals surface area contributed by atoms with E-state index >= 15 is 0 Å². The van der Waals surface area contributed by atoms with E-state index in [1.165, 1.54) is 0 Å². The molecule has 1 amide bonds. The van der Waals surface area contributed by atoms with Gasteiger partial charge in [0.1, 0.15) is 11.3 Å². The first kappa shape index (κ1) is 15.6. The van der Waals surface area contributed by atoms with Crippen molar-refractivity contribution in [3.8, 4) is 5.75 Å². The minimum Gasteiger partial charge on any atom is -0.508 e. The summed E-state index contributed by atoms with van der Waals surface area (Å²) in [5.41, 5.74) is 1.47. The molecule has 0 bridgehead atoms. The smallest absolute Gasteiger partial charge is 0.340 e. The monoisotopic (exact) mass is 317 g/mol. The van der Waals surface area contributed by atoms with Crippen molar-refractivity contribution < 1.29 is 19.1 Å². The van der Waals surface area contributed by atoms with Gasteiger partial charge in [-0.25, -0.2) is 4.79 Å². The number of phenolic OH excluding ortho intramolecular Hbond substituents is 1. The standard InChI is InChI=1S/C17H19NO5/c1-10-12-3-4-14(19)11(2)16(12)23-17(21)13(10)9-15(20)18-5-7-22-8-6-18/h3-4,19H,5-9H2,1-2H3. The normalized spacial score (nSPS) is 15.1. The highest BCUT2D eigenvalue weighted by Crippen LogP contribution is 2.28. The fourth-order valence-corrected chi connectivity index (χ4v) is 2.86. The van der Waals surface area contributed by atoms with Crippen molar-refractivity contribution in [2.24, 2.45) is 0 Å². The Morgan fingerprint density at radius 3 is 2.61 bits per heavy atom. The molecule has 6 nitrogen and oxygen atoms in total. The summed E-state index contributed by atoms with van der Waals surface area (Å²) in [6.45, 7) is 5.63. The van der Waals surface area contributed by atoms with Crippen molar-refractivity contribution in [2.75, 3.05) is 26.3 Å². The molecule has 1 aliphatic heterocycles. The molecule has 0 radical (unpaired) electrons. The maximum absolute atomic E-state index is 12.4. The third kappa shape index (κ3) is 2.82. The van der Waals surface area contributed by atoms with Crippen molar-refractivity contribution >= 4 is 16.9 Å². The summed E-state index contributed by atoms with van der Waals surface area (Å²) in [6.07, 6.45) is 0.0179. The number of amides is 1. The fraction of sp³-hybridized carbons (Fsp3) is 0.412. The average Bonchev–Trinajstić information content (AvgIpc) is 2.56. The highest BCUT2D eigenvalue weighted by Gasteiger charge is 2.21. The lowest BCUT2D eigenvalue weighted by atomic mass is 10.0. The molecule has 0 aliphatic carbocycles. The van der Waals surface area contributed by atoms with Gasteiger partial charge in [0.15, 0.2) is 0 Å². The summed E-state index contributed by atoms with van der Waals surface area (Å²) in [5.74, 6) is -0.0178. The lowest BCUT2D eigenvalue weighted by Gasteiger charge is -2.27. The van der Waals surface area contributed by atoms with E-state index in [0.29, 0.717) is 43.0 Å². The summed E-state index contributed by atoms with van der Waals surface area (Å²) in [4.78, 5) is 26.4. The van der Waals surface area contributed by atoms with E-state index in [-0.39, 0.29) is 18.1 Å². The van der Waals surface area contributed by atoms with Crippen LogP contribution in [0.2, 0.25) is 0 Å². The number of hydrogen-bond donors (Lipinski definition) is 1. The van der Waals surface area contributed by atoms with Crippen LogP contribution in [0.15, 0.2) is 21.3 Å². The van der Waals surface area contributed by atoms with Crippen LogP contribution in [0.5, 0.6) is 5.75 Å². The average molecular weight is 317 g/mol. The summed E-state index contributed by atoms with van der Waals surface area (Å²) in [7, 11) is 0. The second kappa shape index (κ2) is 6.04. The number of hydrogen-bond acceptors (Lipinski definition) is 5. The highest BCUT2D eigenvalue weighted by atomic mass is 16.5. The molecule has 1 saturated heterocycles. The van der Waals surface area contributed by atoms with Crippen LogP contribution in [0.1, 0.15) is 16.7 Å². The van der Waals surface area contributed by atoms with Gasteiger partial charge >= 0.3 is 5.63 Å². The number of ether oxygens (including phenoxy) is 1. The first-order valence-corrected chi connectivity index (χ1v) is 7.59. The van der Waals surface area contributed by atoms with Crippen LogP contribution in [0.25, 0.3) is 11.0 Å². The Balaban J connectivity index is 1.99. The summed E-state index contributed by atoms with van der Waals surface area (Å²) in [5, 5.41) is 10.5. The lowest BCUT2D eigenvalue weighted by Crippen LogP contribution is -2.42. The van der Waals surface area contributed by atoms with E-state index in [9.17, 15) is 14.7 Å². The molecular formula is C17H19NO5. The molecule has 0 atom stereocenters. The van der Waals surface area contributed by atoms with E-state index in [0.717, 1.165) is 10.9 Å². The number of fused-ring (bicyclic) bond motifs is 1. The van der Waals surface area contributed by atoms with Crippen molar-refractivity contribution in [2.45, 2.75) is 20.3 Å². The number of phenols is 1. The van der Waals surface area contributed by atoms with Crippen molar-refractivity contribution in [3.63, 3.8) is 0 Å². The molecule has 122 valence electrons. The molecule has 1 aromatic heterocycles. The van der Waals surface area contributed by atoms with E-state index in [1.807, 2.05) is 0 Å². The maximum atomic E-state index is 12.4. The van der Waals surface area contributed by atoms with Crippen molar-refractivity contribution in [1.29, 1.82) is 0 Å². The Kier molecular flexibility index (Phi) is 4.09. The zero-order chi connectivity index (χ0) is 16.6. The first-order valence-electron chi connectivity index (χ1n) is 7.59. The molecule has 1 fully saturated rings. The van der Waals surface area contributed by atoms with Gasteiger partial charge in [-0.1, -0.05) is 0 Å². The van der Waals surface area contributed by atoms with E-state index in [1.54, 1.807) is 30.9 Å². The molecule has 6 heteroatoms. The zero-order valence-corrected chi connectivity index (χ0v) is 13.2. The Bertz CT molecular complexity index is 818. The highest BCUT2D eigenvalue weighted by molar-refractivity contribution is 5.87. The van der Waals surface area contributed by atoms with Crippen LogP contribution in [0, 0.1) is 13.8 Å². The number of aryl methyl sites for hydroxylation is 2. The molecular weight excluding hydrogens is 298 g/mol. The van der Waals surface area contributed by atoms with E-state index in [4.69, 9.17) is 9.15 Å². The third-order valence-corrected chi connectivity index (χ3v) is 4.37. The van der Waals surface area contributed by atoms with Gasteiger partial charge < -0.3 is 19.2 Å². The van der Waals surface area contributed by atoms with E-state index < -0.39 is 5.63 Å². The number of rotatable bonds is 2. The van der Waals surface area contributed by atoms with Crippen LogP contribution in [0.3, 0.4) is 0 Å². The number of morpholine rings is 1. The van der Waals surface area contributed by atoms with Gasteiger partial charge in [-0.3, -0.25) is 4.79 Å². The van der Waals surface area contributed by atoms with Crippen LogP contribution in [-0.4, -0.2) is 42.2 Å². The largest absolute Gasteiger partial charge is 0.508 e. The number of aromatic hydroxyl groups is 1. The fourth-order valence-electron chi connectivity index (χ4n) is 2.86. The van der Waals surface area contributed by atoms with Gasteiger partial charge in [0.2, 0.25) is 5.91 Å². The molecule has 2 aromatic rings. The number of carbonyl (C=O) groups is 1. The van der Waals surface area contributed by atoms with Gasteiger partial charge in [0, 0.05) is 24.0 Å². The molecule has 3 rings (SSSR count). The molecule has 1 aliphatic rings. The molecule has 2 heterocycles. The van der Waals surface area contributed by atoms with Crippen LogP contribution >= 0.6 is 0 Å². The predicted octanol–water partition coefficient (Wildman–Crippen LogP) is 1.52.